The largest absolute Gasteiger partial charge is 0.301 e. The lowest BCUT2D eigenvalue weighted by Crippen LogP contribution is -2.48. The lowest BCUT2D eigenvalue weighted by molar-refractivity contribution is 0.196. The molecule has 4 nitrogen and oxygen atoms in total. The molecule has 0 bridgehead atoms. The van der Waals surface area contributed by atoms with Gasteiger partial charge in [-0.25, -0.2) is 17.2 Å². The molecule has 1 saturated heterocycles. The molecule has 0 radical (unpaired) electrons. The van der Waals surface area contributed by atoms with Gasteiger partial charge in [0.05, 0.1) is 0 Å². The third-order valence-electron chi connectivity index (χ3n) is 3.29. The standard InChI is InChI=1S/C12H16F2N2O2S.ClH/c1-2-15-5-7-16(8-6-15)19(17,18)12-9-10(13)3-4-11(12)14;/h3-4,9H,2,5-8H2,1H3;1H. The maximum absolute atomic E-state index is 13.6. The Balaban J connectivity index is 0.00000200. The number of nitrogens with zero attached hydrogens (tertiary/aromatic N) is 2. The Labute approximate surface area is 123 Å². The first-order chi connectivity index (χ1) is 8.95. The summed E-state index contributed by atoms with van der Waals surface area (Å²) in [4.78, 5) is 1.52. The van der Waals surface area contributed by atoms with E-state index in [1.54, 1.807) is 0 Å². The first-order valence-electron chi connectivity index (χ1n) is 6.12. The number of likely N-dealkylation sites (N-methyl/N-ethyl adjacent to an activating group) is 1. The molecule has 8 heteroatoms. The first-order valence-corrected chi connectivity index (χ1v) is 7.56. The Morgan fingerprint density at radius 1 is 1.15 bits per heavy atom. The molecule has 2 rings (SSSR count). The number of hydrogen-bond donors (Lipinski definition) is 0. The highest BCUT2D eigenvalue weighted by Gasteiger charge is 2.30. The van der Waals surface area contributed by atoms with Crippen molar-refractivity contribution in [2.45, 2.75) is 11.8 Å². The maximum Gasteiger partial charge on any atom is 0.246 e. The van der Waals surface area contributed by atoms with Crippen LogP contribution in [0.25, 0.3) is 0 Å². The van der Waals surface area contributed by atoms with Gasteiger partial charge in [-0.05, 0) is 24.7 Å². The minimum absolute atomic E-state index is 0. The van der Waals surface area contributed by atoms with Crippen LogP contribution in [0.4, 0.5) is 8.78 Å². The van der Waals surface area contributed by atoms with Crippen LogP contribution in [0, 0.1) is 11.6 Å². The second-order valence-electron chi connectivity index (χ2n) is 4.41. The summed E-state index contributed by atoms with van der Waals surface area (Å²) in [6.45, 7) is 4.65. The summed E-state index contributed by atoms with van der Waals surface area (Å²) in [7, 11) is -3.96. The van der Waals surface area contributed by atoms with Crippen LogP contribution in [0.15, 0.2) is 23.1 Å². The van der Waals surface area contributed by atoms with Crippen molar-refractivity contribution < 1.29 is 17.2 Å². The first kappa shape index (κ1) is 17.3. The van der Waals surface area contributed by atoms with Crippen molar-refractivity contribution in [1.82, 2.24) is 9.21 Å². The molecule has 1 heterocycles. The summed E-state index contributed by atoms with van der Waals surface area (Å²) in [5.74, 6) is -1.67. The van der Waals surface area contributed by atoms with Gasteiger partial charge in [-0.3, -0.25) is 0 Å². The molecule has 1 aromatic rings. The Bertz CT molecular complexity index is 561. The monoisotopic (exact) mass is 326 g/mol. The quantitative estimate of drug-likeness (QED) is 0.849. The minimum atomic E-state index is -3.96. The second-order valence-corrected chi connectivity index (χ2v) is 6.32. The molecule has 0 N–H and O–H groups in total. The molecule has 0 atom stereocenters. The van der Waals surface area contributed by atoms with E-state index in [1.165, 1.54) is 4.31 Å². The molecule has 20 heavy (non-hydrogen) atoms. The van der Waals surface area contributed by atoms with Crippen LogP contribution in [-0.2, 0) is 10.0 Å². The van der Waals surface area contributed by atoms with Gasteiger partial charge in [0.1, 0.15) is 16.5 Å². The molecule has 114 valence electrons. The van der Waals surface area contributed by atoms with E-state index < -0.39 is 26.6 Å². The third-order valence-corrected chi connectivity index (χ3v) is 5.20. The van der Waals surface area contributed by atoms with Crippen molar-refractivity contribution in [2.24, 2.45) is 0 Å². The zero-order valence-corrected chi connectivity index (χ0v) is 12.7. The van der Waals surface area contributed by atoms with Crippen molar-refractivity contribution in [3.8, 4) is 0 Å². The second kappa shape index (κ2) is 6.80. The van der Waals surface area contributed by atoms with Gasteiger partial charge in [-0.15, -0.1) is 12.4 Å². The van der Waals surface area contributed by atoms with Crippen LogP contribution in [0.3, 0.4) is 0 Å². The molecule has 0 aromatic heterocycles. The number of sulfonamides is 1. The highest BCUT2D eigenvalue weighted by molar-refractivity contribution is 7.89. The van der Waals surface area contributed by atoms with Gasteiger partial charge in [-0.2, -0.15) is 4.31 Å². The summed E-state index contributed by atoms with van der Waals surface area (Å²) in [6.07, 6.45) is 0. The number of piperazine rings is 1. The lowest BCUT2D eigenvalue weighted by Gasteiger charge is -2.33. The van der Waals surface area contributed by atoms with Crippen LogP contribution in [-0.4, -0.2) is 50.3 Å². The highest BCUT2D eigenvalue weighted by atomic mass is 35.5. The number of hydrogen-bond acceptors (Lipinski definition) is 3. The molecule has 1 aromatic carbocycles. The van der Waals surface area contributed by atoms with E-state index in [1.807, 2.05) is 6.92 Å². The smallest absolute Gasteiger partial charge is 0.246 e. The maximum atomic E-state index is 13.6. The van der Waals surface area contributed by atoms with Gasteiger partial charge in [0, 0.05) is 26.2 Å². The molecule has 1 fully saturated rings. The lowest BCUT2D eigenvalue weighted by atomic mass is 10.3. The van der Waals surface area contributed by atoms with E-state index in [-0.39, 0.29) is 12.4 Å². The van der Waals surface area contributed by atoms with Crippen molar-refractivity contribution in [1.29, 1.82) is 0 Å². The van der Waals surface area contributed by atoms with Crippen LogP contribution in [0.5, 0.6) is 0 Å². The zero-order valence-electron chi connectivity index (χ0n) is 11.1. The van der Waals surface area contributed by atoms with Crippen LogP contribution >= 0.6 is 12.4 Å². The fourth-order valence-electron chi connectivity index (χ4n) is 2.10. The Kier molecular flexibility index (Phi) is 5.88. The van der Waals surface area contributed by atoms with E-state index in [0.717, 1.165) is 24.7 Å². The zero-order chi connectivity index (χ0) is 14.0. The molecule has 0 aliphatic carbocycles. The van der Waals surface area contributed by atoms with Gasteiger partial charge < -0.3 is 4.90 Å². The fraction of sp³-hybridized carbons (Fsp3) is 0.500. The molecule has 0 unspecified atom stereocenters. The summed E-state index contributed by atoms with van der Waals surface area (Å²) < 4.78 is 52.4. The Morgan fingerprint density at radius 3 is 2.30 bits per heavy atom. The fourth-order valence-corrected chi connectivity index (χ4v) is 3.60. The minimum Gasteiger partial charge on any atom is -0.301 e. The number of benzene rings is 1. The van der Waals surface area contributed by atoms with Crippen molar-refractivity contribution in [3.63, 3.8) is 0 Å². The van der Waals surface area contributed by atoms with Crippen LogP contribution in [0.1, 0.15) is 6.92 Å². The van der Waals surface area contributed by atoms with Crippen LogP contribution in [0.2, 0.25) is 0 Å². The molecule has 0 amide bonds. The van der Waals surface area contributed by atoms with Gasteiger partial charge in [0.25, 0.3) is 0 Å². The number of halogens is 3. The van der Waals surface area contributed by atoms with E-state index in [2.05, 4.69) is 4.90 Å². The molecule has 1 aliphatic heterocycles. The summed E-state index contributed by atoms with van der Waals surface area (Å²) in [6, 6.07) is 2.48. The van der Waals surface area contributed by atoms with Gasteiger partial charge in [-0.1, -0.05) is 6.92 Å². The van der Waals surface area contributed by atoms with E-state index >= 15 is 0 Å². The van der Waals surface area contributed by atoms with E-state index in [4.69, 9.17) is 0 Å². The predicted molar refractivity (Wildman–Crippen MR) is 74.5 cm³/mol. The molecular weight excluding hydrogens is 310 g/mol. The Morgan fingerprint density at radius 2 is 1.75 bits per heavy atom. The average Bonchev–Trinajstić information content (AvgIpc) is 2.41. The normalized spacial score (nSPS) is 17.8. The van der Waals surface area contributed by atoms with Crippen LogP contribution < -0.4 is 0 Å². The highest BCUT2D eigenvalue weighted by Crippen LogP contribution is 2.21. The number of rotatable bonds is 3. The van der Waals surface area contributed by atoms with Crippen molar-refractivity contribution >= 4 is 22.4 Å². The summed E-state index contributed by atoms with van der Waals surface area (Å²) in [5.41, 5.74) is 0. The predicted octanol–water partition coefficient (Wildman–Crippen LogP) is 1.71. The van der Waals surface area contributed by atoms with Crippen molar-refractivity contribution in [2.75, 3.05) is 32.7 Å². The van der Waals surface area contributed by atoms with E-state index in [0.29, 0.717) is 26.2 Å². The summed E-state index contributed by atoms with van der Waals surface area (Å²) in [5, 5.41) is 0. The molecular formula is C12H17ClF2N2O2S. The molecule has 1 aliphatic rings. The third kappa shape index (κ3) is 3.46. The SMILES string of the molecule is CCN1CCN(S(=O)(=O)c2cc(F)ccc2F)CC1.Cl. The van der Waals surface area contributed by atoms with E-state index in [9.17, 15) is 17.2 Å². The van der Waals surface area contributed by atoms with Gasteiger partial charge in [0.2, 0.25) is 10.0 Å². The molecule has 0 saturated carbocycles. The Hall–Kier alpha value is -0.760. The summed E-state index contributed by atoms with van der Waals surface area (Å²) >= 11 is 0. The topological polar surface area (TPSA) is 40.6 Å². The van der Waals surface area contributed by atoms with Gasteiger partial charge in [0.15, 0.2) is 0 Å². The van der Waals surface area contributed by atoms with Crippen molar-refractivity contribution in [3.05, 3.63) is 29.8 Å². The molecule has 0 spiro atoms. The average molecular weight is 327 g/mol. The van der Waals surface area contributed by atoms with Gasteiger partial charge >= 0.3 is 0 Å².